The van der Waals surface area contributed by atoms with Crippen LogP contribution in [-0.4, -0.2) is 51.6 Å². The maximum absolute atomic E-state index is 12.6. The van der Waals surface area contributed by atoms with E-state index < -0.39 is 32.2 Å². The fourth-order valence-corrected chi connectivity index (χ4v) is 4.21. The predicted molar refractivity (Wildman–Crippen MR) is 96.9 cm³/mol. The Hall–Kier alpha value is -1.52. The number of carbonyl (C=O) groups excluding carboxylic acids is 1. The second-order valence-electron chi connectivity index (χ2n) is 6.15. The second kappa shape index (κ2) is 9.11. The Bertz CT molecular complexity index is 750. The molecule has 2 rings (SSSR count). The van der Waals surface area contributed by atoms with Crippen molar-refractivity contribution < 1.29 is 31.1 Å². The van der Waals surface area contributed by atoms with Crippen LogP contribution in [-0.2, 0) is 20.8 Å². The summed E-state index contributed by atoms with van der Waals surface area (Å²) in [4.78, 5) is 12.4. The SMILES string of the molecule is CS(=O)(=O)C1(C(=O)NCCOc2cccc(C(F)(F)F)c2)CCNCC1.Cl. The normalized spacial score (nSPS) is 16.9. The molecule has 1 aliphatic rings. The molecule has 6 nitrogen and oxygen atoms in total. The average Bonchev–Trinajstić information content (AvgIpc) is 2.57. The van der Waals surface area contributed by atoms with Gasteiger partial charge >= 0.3 is 6.18 Å². The van der Waals surface area contributed by atoms with Gasteiger partial charge < -0.3 is 15.4 Å². The number of halogens is 4. The quantitative estimate of drug-likeness (QED) is 0.672. The van der Waals surface area contributed by atoms with Crippen LogP contribution >= 0.6 is 12.4 Å². The molecule has 1 fully saturated rings. The zero-order valence-electron chi connectivity index (χ0n) is 14.6. The smallest absolute Gasteiger partial charge is 0.416 e. The van der Waals surface area contributed by atoms with Crippen LogP contribution in [0.4, 0.5) is 13.2 Å². The number of nitrogens with one attached hydrogen (secondary N) is 2. The standard InChI is InChI=1S/C16H21F3N2O4S.ClH/c1-26(23,24)15(5-7-20-8-6-15)14(22)21-9-10-25-13-4-2-3-12(11-13)16(17,18)19;/h2-4,11,20H,5-10H2,1H3,(H,21,22);1H. The molecule has 1 amide bonds. The third kappa shape index (κ3) is 5.73. The Kier molecular flexibility index (Phi) is 7.94. The zero-order chi connectivity index (χ0) is 19.4. The van der Waals surface area contributed by atoms with Crippen LogP contribution in [0.3, 0.4) is 0 Å². The summed E-state index contributed by atoms with van der Waals surface area (Å²) in [5, 5.41) is 5.53. The van der Waals surface area contributed by atoms with Gasteiger partial charge in [-0.1, -0.05) is 6.07 Å². The van der Waals surface area contributed by atoms with Crippen LogP contribution in [0, 0.1) is 0 Å². The number of ether oxygens (including phenoxy) is 1. The Balaban J connectivity index is 0.00000364. The first-order valence-electron chi connectivity index (χ1n) is 8.05. The van der Waals surface area contributed by atoms with Gasteiger partial charge in [0.1, 0.15) is 12.4 Å². The first-order valence-corrected chi connectivity index (χ1v) is 9.94. The van der Waals surface area contributed by atoms with E-state index in [9.17, 15) is 26.4 Å². The number of amides is 1. The minimum Gasteiger partial charge on any atom is -0.492 e. The van der Waals surface area contributed by atoms with Gasteiger partial charge in [-0.3, -0.25) is 4.79 Å². The molecule has 1 heterocycles. The van der Waals surface area contributed by atoms with E-state index in [-0.39, 0.29) is 44.1 Å². The molecule has 154 valence electrons. The number of alkyl halides is 3. The number of sulfone groups is 1. The van der Waals surface area contributed by atoms with E-state index in [4.69, 9.17) is 4.74 Å². The topological polar surface area (TPSA) is 84.5 Å². The Morgan fingerprint density at radius 3 is 2.48 bits per heavy atom. The molecule has 0 aromatic heterocycles. The molecule has 0 unspecified atom stereocenters. The van der Waals surface area contributed by atoms with Gasteiger partial charge in [0.15, 0.2) is 14.6 Å². The molecule has 1 saturated heterocycles. The van der Waals surface area contributed by atoms with Crippen LogP contribution in [0.5, 0.6) is 5.75 Å². The summed E-state index contributed by atoms with van der Waals surface area (Å²) < 4.78 is 65.9. The first kappa shape index (κ1) is 23.5. The van der Waals surface area contributed by atoms with Crippen molar-refractivity contribution in [3.63, 3.8) is 0 Å². The molecule has 11 heteroatoms. The largest absolute Gasteiger partial charge is 0.492 e. The van der Waals surface area contributed by atoms with Gasteiger partial charge in [-0.2, -0.15) is 13.2 Å². The number of rotatable bonds is 6. The predicted octanol–water partition coefficient (Wildman–Crippen LogP) is 1.79. The van der Waals surface area contributed by atoms with Crippen molar-refractivity contribution in [2.75, 3.05) is 32.5 Å². The highest BCUT2D eigenvalue weighted by Gasteiger charge is 2.48. The van der Waals surface area contributed by atoms with E-state index in [1.54, 1.807) is 0 Å². The molecule has 0 radical (unpaired) electrons. The summed E-state index contributed by atoms with van der Waals surface area (Å²) in [7, 11) is -3.62. The van der Waals surface area contributed by atoms with Gasteiger partial charge in [0.05, 0.1) is 12.1 Å². The van der Waals surface area contributed by atoms with E-state index in [2.05, 4.69) is 10.6 Å². The fraction of sp³-hybridized carbons (Fsp3) is 0.562. The van der Waals surface area contributed by atoms with Gasteiger partial charge in [-0.25, -0.2) is 8.42 Å². The van der Waals surface area contributed by atoms with Crippen molar-refractivity contribution >= 4 is 28.2 Å². The molecule has 0 atom stereocenters. The summed E-state index contributed by atoms with van der Waals surface area (Å²) in [6, 6.07) is 4.40. The number of carbonyl (C=O) groups is 1. The molecule has 0 spiro atoms. The van der Waals surface area contributed by atoms with E-state index >= 15 is 0 Å². The minimum absolute atomic E-state index is 0. The molecular formula is C16H22ClF3N2O4S. The van der Waals surface area contributed by atoms with Gasteiger partial charge in [0.25, 0.3) is 0 Å². The fourth-order valence-electron chi connectivity index (χ4n) is 2.85. The highest BCUT2D eigenvalue weighted by atomic mass is 35.5. The third-order valence-electron chi connectivity index (χ3n) is 4.35. The van der Waals surface area contributed by atoms with Gasteiger partial charge in [0, 0.05) is 6.26 Å². The summed E-state index contributed by atoms with van der Waals surface area (Å²) in [6.07, 6.45) is -3.08. The van der Waals surface area contributed by atoms with Gasteiger partial charge in [0.2, 0.25) is 5.91 Å². The molecule has 0 saturated carbocycles. The van der Waals surface area contributed by atoms with Crippen molar-refractivity contribution in [2.24, 2.45) is 0 Å². The highest BCUT2D eigenvalue weighted by molar-refractivity contribution is 7.92. The summed E-state index contributed by atoms with van der Waals surface area (Å²) in [6.45, 7) is 0.743. The summed E-state index contributed by atoms with van der Waals surface area (Å²) in [5.41, 5.74) is -0.829. The number of hydrogen-bond donors (Lipinski definition) is 2. The lowest BCUT2D eigenvalue weighted by Crippen LogP contribution is -2.57. The van der Waals surface area contributed by atoms with E-state index in [0.29, 0.717) is 13.1 Å². The Labute approximate surface area is 162 Å². The van der Waals surface area contributed by atoms with Crippen molar-refractivity contribution in [2.45, 2.75) is 23.8 Å². The molecular weight excluding hydrogens is 409 g/mol. The third-order valence-corrected chi connectivity index (χ3v) is 6.37. The Morgan fingerprint density at radius 1 is 1.30 bits per heavy atom. The lowest BCUT2D eigenvalue weighted by atomic mass is 9.96. The van der Waals surface area contributed by atoms with Crippen LogP contribution in [0.25, 0.3) is 0 Å². The number of benzene rings is 1. The van der Waals surface area contributed by atoms with Crippen molar-refractivity contribution in [1.29, 1.82) is 0 Å². The highest BCUT2D eigenvalue weighted by Crippen LogP contribution is 2.31. The molecule has 0 aliphatic carbocycles. The minimum atomic E-state index is -4.47. The van der Waals surface area contributed by atoms with E-state index in [1.165, 1.54) is 12.1 Å². The van der Waals surface area contributed by atoms with Crippen LogP contribution in [0.2, 0.25) is 0 Å². The molecule has 1 aliphatic heterocycles. The molecule has 1 aromatic rings. The lowest BCUT2D eigenvalue weighted by Gasteiger charge is -2.34. The molecule has 2 N–H and O–H groups in total. The molecule has 0 bridgehead atoms. The summed E-state index contributed by atoms with van der Waals surface area (Å²) >= 11 is 0. The van der Waals surface area contributed by atoms with Crippen molar-refractivity contribution in [3.05, 3.63) is 29.8 Å². The van der Waals surface area contributed by atoms with Crippen molar-refractivity contribution in [1.82, 2.24) is 10.6 Å². The van der Waals surface area contributed by atoms with E-state index in [0.717, 1.165) is 18.4 Å². The monoisotopic (exact) mass is 430 g/mol. The Morgan fingerprint density at radius 2 is 1.93 bits per heavy atom. The maximum atomic E-state index is 12.6. The average molecular weight is 431 g/mol. The summed E-state index contributed by atoms with van der Waals surface area (Å²) in [5.74, 6) is -0.581. The number of hydrogen-bond acceptors (Lipinski definition) is 5. The maximum Gasteiger partial charge on any atom is 0.416 e. The zero-order valence-corrected chi connectivity index (χ0v) is 16.3. The molecule has 27 heavy (non-hydrogen) atoms. The van der Waals surface area contributed by atoms with Crippen LogP contribution in [0.1, 0.15) is 18.4 Å². The second-order valence-corrected chi connectivity index (χ2v) is 8.47. The van der Waals surface area contributed by atoms with Gasteiger partial charge in [-0.15, -0.1) is 12.4 Å². The van der Waals surface area contributed by atoms with Crippen LogP contribution in [0.15, 0.2) is 24.3 Å². The van der Waals surface area contributed by atoms with Gasteiger partial charge in [-0.05, 0) is 44.1 Å². The number of piperidine rings is 1. The first-order chi connectivity index (χ1) is 12.1. The van der Waals surface area contributed by atoms with Crippen molar-refractivity contribution in [3.8, 4) is 5.75 Å². The molecule has 1 aromatic carbocycles. The van der Waals surface area contributed by atoms with E-state index in [1.807, 2.05) is 0 Å². The lowest BCUT2D eigenvalue weighted by molar-refractivity contribution is -0.137. The van der Waals surface area contributed by atoms with Crippen LogP contribution < -0.4 is 15.4 Å².